The van der Waals surface area contributed by atoms with Gasteiger partial charge in [0.1, 0.15) is 23.9 Å². The van der Waals surface area contributed by atoms with Crippen molar-refractivity contribution in [2.45, 2.75) is 20.1 Å². The summed E-state index contributed by atoms with van der Waals surface area (Å²) in [6.45, 7) is 3.16. The Morgan fingerprint density at radius 3 is 2.33 bits per heavy atom. The maximum Gasteiger partial charge on any atom is 0.335 e. The van der Waals surface area contributed by atoms with Crippen LogP contribution in [0.25, 0.3) is 34.5 Å². The van der Waals surface area contributed by atoms with Gasteiger partial charge in [-0.2, -0.15) is 0 Å². The number of methoxy groups -OCH3 is 1. The number of aryl methyl sites for hydroxylation is 1. The third-order valence-electron chi connectivity index (χ3n) is 6.79. The normalized spacial score (nSPS) is 11.1. The van der Waals surface area contributed by atoms with Crippen molar-refractivity contribution in [1.82, 2.24) is 9.55 Å². The second-order valence-corrected chi connectivity index (χ2v) is 10.3. The van der Waals surface area contributed by atoms with E-state index >= 15 is 0 Å². The number of carbonyl (C=O) groups is 1. The van der Waals surface area contributed by atoms with Gasteiger partial charge in [-0.3, -0.25) is 0 Å². The van der Waals surface area contributed by atoms with Crippen molar-refractivity contribution in [3.8, 4) is 33.9 Å². The van der Waals surface area contributed by atoms with Crippen LogP contribution in [0.1, 0.15) is 34.2 Å². The SMILES string of the molecule is CCn1cc(-c2ccc(Cl)cc2Cl)nc1C=Cc1cc(-c2ccc(OCc3ccc(C(=O)O)cc3)cc2)ccc1OC. The fourth-order valence-electron chi connectivity index (χ4n) is 4.51. The lowest BCUT2D eigenvalue weighted by molar-refractivity contribution is 0.0697. The number of aromatic carboxylic acids is 1. The first-order valence-electron chi connectivity index (χ1n) is 13.3. The van der Waals surface area contributed by atoms with E-state index < -0.39 is 5.97 Å². The molecule has 0 aliphatic rings. The summed E-state index contributed by atoms with van der Waals surface area (Å²) < 4.78 is 13.6. The number of carboxylic acids is 1. The molecule has 0 fully saturated rings. The predicted octanol–water partition coefficient (Wildman–Crippen LogP) is 9.00. The molecule has 0 radical (unpaired) electrons. The van der Waals surface area contributed by atoms with Crippen molar-refractivity contribution in [2.75, 3.05) is 7.11 Å². The topological polar surface area (TPSA) is 73.6 Å². The van der Waals surface area contributed by atoms with Crippen molar-refractivity contribution in [2.24, 2.45) is 0 Å². The lowest BCUT2D eigenvalue weighted by atomic mass is 10.0. The summed E-state index contributed by atoms with van der Waals surface area (Å²) in [5.74, 6) is 1.32. The average molecular weight is 600 g/mol. The largest absolute Gasteiger partial charge is 0.496 e. The Kier molecular flexibility index (Phi) is 8.96. The first kappa shape index (κ1) is 29.0. The number of ether oxygens (including phenoxy) is 2. The third-order valence-corrected chi connectivity index (χ3v) is 7.34. The van der Waals surface area contributed by atoms with Gasteiger partial charge in [0.15, 0.2) is 0 Å². The van der Waals surface area contributed by atoms with E-state index in [-0.39, 0.29) is 5.56 Å². The van der Waals surface area contributed by atoms with Crippen LogP contribution >= 0.6 is 23.2 Å². The Balaban J connectivity index is 1.33. The number of benzene rings is 4. The molecule has 0 aliphatic carbocycles. The zero-order valence-corrected chi connectivity index (χ0v) is 24.6. The van der Waals surface area contributed by atoms with Gasteiger partial charge in [0.05, 0.1) is 23.4 Å². The van der Waals surface area contributed by atoms with Gasteiger partial charge in [-0.1, -0.05) is 53.5 Å². The Morgan fingerprint density at radius 2 is 1.67 bits per heavy atom. The minimum atomic E-state index is -0.948. The molecule has 0 saturated carbocycles. The molecule has 0 amide bonds. The predicted molar refractivity (Wildman–Crippen MR) is 168 cm³/mol. The van der Waals surface area contributed by atoms with E-state index in [0.717, 1.165) is 57.4 Å². The monoisotopic (exact) mass is 598 g/mol. The number of halogens is 2. The molecule has 0 unspecified atom stereocenters. The highest BCUT2D eigenvalue weighted by Gasteiger charge is 2.12. The molecule has 42 heavy (non-hydrogen) atoms. The van der Waals surface area contributed by atoms with Crippen molar-refractivity contribution in [1.29, 1.82) is 0 Å². The second-order valence-electron chi connectivity index (χ2n) is 9.50. The van der Waals surface area contributed by atoms with Gasteiger partial charge < -0.3 is 19.1 Å². The molecular formula is C34H28Cl2N2O4. The first-order chi connectivity index (χ1) is 20.3. The minimum absolute atomic E-state index is 0.250. The summed E-state index contributed by atoms with van der Waals surface area (Å²) in [7, 11) is 1.65. The standard InChI is InChI=1S/C34H28Cl2N2O4/c1-3-38-20-31(29-15-12-27(35)19-30(29)36)37-33(38)17-11-26-18-25(10-16-32(26)41-2)23-8-13-28(14-9-23)42-21-22-4-6-24(7-5-22)34(39)40/h4-20H,3,21H2,1-2H3,(H,39,40). The van der Waals surface area contributed by atoms with Crippen LogP contribution in [-0.2, 0) is 13.2 Å². The average Bonchev–Trinajstić information content (AvgIpc) is 3.42. The van der Waals surface area contributed by atoms with E-state index in [4.69, 9.17) is 42.8 Å². The minimum Gasteiger partial charge on any atom is -0.496 e. The summed E-state index contributed by atoms with van der Waals surface area (Å²) >= 11 is 12.5. The fraction of sp³-hybridized carbons (Fsp3) is 0.118. The van der Waals surface area contributed by atoms with Crippen LogP contribution in [0, 0.1) is 0 Å². The second kappa shape index (κ2) is 13.0. The number of rotatable bonds is 10. The van der Waals surface area contributed by atoms with Gasteiger partial charge in [0.25, 0.3) is 0 Å². The zero-order chi connectivity index (χ0) is 29.6. The number of nitrogens with zero attached hydrogens (tertiary/aromatic N) is 2. The van der Waals surface area contributed by atoms with Crippen LogP contribution in [0.15, 0.2) is 91.1 Å². The lowest BCUT2D eigenvalue weighted by Crippen LogP contribution is -1.98. The highest BCUT2D eigenvalue weighted by atomic mass is 35.5. The molecular weight excluding hydrogens is 571 g/mol. The molecule has 0 bridgehead atoms. The molecule has 5 rings (SSSR count). The Labute approximate surface area is 254 Å². The highest BCUT2D eigenvalue weighted by Crippen LogP contribution is 2.32. The van der Waals surface area contributed by atoms with Gasteiger partial charge >= 0.3 is 5.97 Å². The molecule has 6 nitrogen and oxygen atoms in total. The van der Waals surface area contributed by atoms with Gasteiger partial charge in [-0.15, -0.1) is 0 Å². The van der Waals surface area contributed by atoms with Crippen LogP contribution in [0.4, 0.5) is 0 Å². The molecule has 212 valence electrons. The van der Waals surface area contributed by atoms with Gasteiger partial charge in [0, 0.05) is 28.9 Å². The Hall–Kier alpha value is -4.52. The summed E-state index contributed by atoms with van der Waals surface area (Å²) in [6, 6.07) is 25.9. The number of imidazole rings is 1. The van der Waals surface area contributed by atoms with E-state index in [0.29, 0.717) is 16.7 Å². The van der Waals surface area contributed by atoms with Crippen LogP contribution in [0.5, 0.6) is 11.5 Å². The maximum atomic E-state index is 11.0. The maximum absolute atomic E-state index is 11.0. The summed E-state index contributed by atoms with van der Waals surface area (Å²) in [5, 5.41) is 10.2. The van der Waals surface area contributed by atoms with Crippen molar-refractivity contribution in [3.63, 3.8) is 0 Å². The van der Waals surface area contributed by atoms with Crippen LogP contribution in [0.3, 0.4) is 0 Å². The van der Waals surface area contributed by atoms with Crippen molar-refractivity contribution < 1.29 is 19.4 Å². The third kappa shape index (κ3) is 6.68. The zero-order valence-electron chi connectivity index (χ0n) is 23.1. The number of aromatic nitrogens is 2. The van der Waals surface area contributed by atoms with Crippen molar-refractivity contribution >= 4 is 41.3 Å². The quantitative estimate of drug-likeness (QED) is 0.173. The van der Waals surface area contributed by atoms with E-state index in [1.54, 1.807) is 43.5 Å². The van der Waals surface area contributed by atoms with Crippen LogP contribution < -0.4 is 9.47 Å². The molecule has 1 N–H and O–H groups in total. The van der Waals surface area contributed by atoms with Gasteiger partial charge in [-0.25, -0.2) is 9.78 Å². The summed E-state index contributed by atoms with van der Waals surface area (Å²) in [6.07, 6.45) is 5.95. The number of carboxylic acid groups (broad SMARTS) is 1. The van der Waals surface area contributed by atoms with Crippen LogP contribution in [0.2, 0.25) is 10.0 Å². The molecule has 0 atom stereocenters. The van der Waals surface area contributed by atoms with E-state index in [1.807, 2.05) is 60.8 Å². The fourth-order valence-corrected chi connectivity index (χ4v) is 5.01. The molecule has 1 aromatic heterocycles. The van der Waals surface area contributed by atoms with Gasteiger partial charge in [0.2, 0.25) is 0 Å². The van der Waals surface area contributed by atoms with E-state index in [1.165, 1.54) is 0 Å². The van der Waals surface area contributed by atoms with E-state index in [9.17, 15) is 4.79 Å². The first-order valence-corrected chi connectivity index (χ1v) is 14.0. The molecule has 0 spiro atoms. The van der Waals surface area contributed by atoms with Gasteiger partial charge in [-0.05, 0) is 90.4 Å². The molecule has 4 aromatic carbocycles. The number of hydrogen-bond acceptors (Lipinski definition) is 4. The molecule has 1 heterocycles. The summed E-state index contributed by atoms with van der Waals surface area (Å²) in [5.41, 5.74) is 5.71. The van der Waals surface area contributed by atoms with Crippen LogP contribution in [-0.4, -0.2) is 27.7 Å². The van der Waals surface area contributed by atoms with E-state index in [2.05, 4.69) is 17.6 Å². The Morgan fingerprint density at radius 1 is 0.929 bits per heavy atom. The molecule has 8 heteroatoms. The highest BCUT2D eigenvalue weighted by molar-refractivity contribution is 6.36. The molecule has 0 saturated heterocycles. The van der Waals surface area contributed by atoms with Crippen molar-refractivity contribution in [3.05, 3.63) is 124 Å². The smallest absolute Gasteiger partial charge is 0.335 e. The Bertz CT molecular complexity index is 1740. The lowest BCUT2D eigenvalue weighted by Gasteiger charge is -2.10. The molecule has 5 aromatic rings. The summed E-state index contributed by atoms with van der Waals surface area (Å²) in [4.78, 5) is 15.9. The molecule has 0 aliphatic heterocycles. The number of hydrogen-bond donors (Lipinski definition) is 1.